The molecule has 0 saturated heterocycles. The summed E-state index contributed by atoms with van der Waals surface area (Å²) in [4.78, 5) is 23.6. The third-order valence-corrected chi connectivity index (χ3v) is 4.35. The maximum Gasteiger partial charge on any atom is 0.265 e. The van der Waals surface area contributed by atoms with Crippen LogP contribution in [0, 0.1) is 17.8 Å². The molecule has 2 aliphatic carbocycles. The van der Waals surface area contributed by atoms with Gasteiger partial charge in [-0.15, -0.1) is 0 Å². The molecule has 3 aliphatic rings. The van der Waals surface area contributed by atoms with Gasteiger partial charge in [0.2, 0.25) is 0 Å². The molecule has 0 aromatic heterocycles. The average Bonchev–Trinajstić information content (AvgIpc) is 2.54. The van der Waals surface area contributed by atoms with Crippen LogP contribution in [0.4, 0.5) is 4.39 Å². The highest BCUT2D eigenvalue weighted by molar-refractivity contribution is 5.99. The molecule has 3 rings (SSSR count). The average molecular weight is 315 g/mol. The molecule has 6 heteroatoms. The number of Topliss-reactive ketones (excluding diaryl/α,β-unsaturated/α-hetero) is 1. The van der Waals surface area contributed by atoms with Crippen LogP contribution in [0.15, 0.2) is 53.2 Å². The van der Waals surface area contributed by atoms with Gasteiger partial charge in [0.15, 0.2) is 0 Å². The molecule has 120 valence electrons. The van der Waals surface area contributed by atoms with Gasteiger partial charge >= 0.3 is 0 Å². The Morgan fingerprint density at radius 3 is 2.70 bits per heavy atom. The summed E-state index contributed by atoms with van der Waals surface area (Å²) in [5, 5.41) is 5.04. The highest BCUT2D eigenvalue weighted by Crippen LogP contribution is 2.31. The maximum atomic E-state index is 13.8. The van der Waals surface area contributed by atoms with E-state index in [9.17, 15) is 14.0 Å². The minimum atomic E-state index is -1.29. The molecule has 5 nitrogen and oxygen atoms in total. The van der Waals surface area contributed by atoms with E-state index in [4.69, 9.17) is 5.84 Å². The van der Waals surface area contributed by atoms with Crippen molar-refractivity contribution >= 4 is 17.4 Å². The largest absolute Gasteiger partial charge is 0.299 e. The number of hydrazine groups is 1. The molecule has 0 aromatic rings. The van der Waals surface area contributed by atoms with Crippen LogP contribution in [-0.4, -0.2) is 28.7 Å². The standard InChI is InChI=1S/C17H18FN3O2/c1-10(22)14-8-11(6-7-15(14)18)9-16-12-4-2-3-5-13(12)17(23)21(19)20-16/h2-8,12-15H,9,19H2,1H3. The predicted molar refractivity (Wildman–Crippen MR) is 84.6 cm³/mol. The number of allylic oxidation sites excluding steroid dienone is 7. The van der Waals surface area contributed by atoms with E-state index >= 15 is 0 Å². The van der Waals surface area contributed by atoms with Crippen molar-refractivity contribution in [1.29, 1.82) is 0 Å². The molecule has 0 radical (unpaired) electrons. The number of halogens is 1. The lowest BCUT2D eigenvalue weighted by molar-refractivity contribution is -0.135. The van der Waals surface area contributed by atoms with Gasteiger partial charge in [-0.1, -0.05) is 36.5 Å². The van der Waals surface area contributed by atoms with Gasteiger partial charge in [-0.05, 0) is 18.6 Å². The van der Waals surface area contributed by atoms with Crippen molar-refractivity contribution in [1.82, 2.24) is 5.12 Å². The number of carbonyl (C=O) groups is 2. The molecule has 1 aliphatic heterocycles. The first kappa shape index (κ1) is 15.6. The Kier molecular flexibility index (Phi) is 4.09. The molecule has 0 aromatic carbocycles. The van der Waals surface area contributed by atoms with Crippen LogP contribution in [-0.2, 0) is 9.59 Å². The highest BCUT2D eigenvalue weighted by atomic mass is 19.1. The molecule has 1 heterocycles. The zero-order valence-electron chi connectivity index (χ0n) is 12.7. The number of hydrogen-bond donors (Lipinski definition) is 1. The van der Waals surface area contributed by atoms with Crippen molar-refractivity contribution in [2.24, 2.45) is 28.7 Å². The van der Waals surface area contributed by atoms with Crippen LogP contribution in [0.25, 0.3) is 0 Å². The normalized spacial score (nSPS) is 32.5. The fourth-order valence-electron chi connectivity index (χ4n) is 3.10. The van der Waals surface area contributed by atoms with E-state index in [0.717, 1.165) is 16.4 Å². The van der Waals surface area contributed by atoms with Gasteiger partial charge in [-0.2, -0.15) is 10.2 Å². The Morgan fingerprint density at radius 1 is 1.30 bits per heavy atom. The number of amides is 1. The second kappa shape index (κ2) is 6.04. The molecule has 0 saturated carbocycles. The van der Waals surface area contributed by atoms with Crippen molar-refractivity contribution in [3.05, 3.63) is 48.1 Å². The number of carbonyl (C=O) groups excluding carboxylic acids is 2. The van der Waals surface area contributed by atoms with Crippen LogP contribution < -0.4 is 5.84 Å². The Bertz CT molecular complexity index is 690. The van der Waals surface area contributed by atoms with Gasteiger partial charge in [-0.3, -0.25) is 9.59 Å². The Morgan fingerprint density at radius 2 is 2.00 bits per heavy atom. The number of fused-ring (bicyclic) bond motifs is 1. The molecule has 1 amide bonds. The van der Waals surface area contributed by atoms with Crippen molar-refractivity contribution in [3.8, 4) is 0 Å². The lowest BCUT2D eigenvalue weighted by atomic mass is 9.80. The van der Waals surface area contributed by atoms with E-state index in [1.54, 1.807) is 12.2 Å². The summed E-state index contributed by atoms with van der Waals surface area (Å²) in [6, 6.07) is 0. The van der Waals surface area contributed by atoms with Gasteiger partial charge in [0.25, 0.3) is 5.91 Å². The highest BCUT2D eigenvalue weighted by Gasteiger charge is 2.37. The molecular formula is C17H18FN3O2. The zero-order valence-corrected chi connectivity index (χ0v) is 12.7. The first-order valence-corrected chi connectivity index (χ1v) is 7.52. The molecule has 4 unspecified atom stereocenters. The van der Waals surface area contributed by atoms with E-state index in [1.807, 2.05) is 24.3 Å². The van der Waals surface area contributed by atoms with Crippen molar-refractivity contribution < 1.29 is 14.0 Å². The minimum absolute atomic E-state index is 0.152. The number of nitrogens with zero attached hydrogens (tertiary/aromatic N) is 2. The molecule has 0 bridgehead atoms. The van der Waals surface area contributed by atoms with E-state index in [1.165, 1.54) is 13.0 Å². The second-order valence-corrected chi connectivity index (χ2v) is 5.95. The molecular weight excluding hydrogens is 297 g/mol. The van der Waals surface area contributed by atoms with Crippen molar-refractivity contribution in [2.75, 3.05) is 0 Å². The minimum Gasteiger partial charge on any atom is -0.299 e. The van der Waals surface area contributed by atoms with Gasteiger partial charge in [0.1, 0.15) is 12.0 Å². The molecule has 2 N–H and O–H groups in total. The lowest BCUT2D eigenvalue weighted by Crippen LogP contribution is -2.47. The fourth-order valence-corrected chi connectivity index (χ4v) is 3.10. The summed E-state index contributed by atoms with van der Waals surface area (Å²) in [6.07, 6.45) is 11.3. The molecule has 4 atom stereocenters. The summed E-state index contributed by atoms with van der Waals surface area (Å²) in [5.74, 6) is 3.94. The van der Waals surface area contributed by atoms with E-state index < -0.39 is 12.1 Å². The van der Waals surface area contributed by atoms with Crippen molar-refractivity contribution in [3.63, 3.8) is 0 Å². The third-order valence-electron chi connectivity index (χ3n) is 4.35. The van der Waals surface area contributed by atoms with E-state index in [-0.39, 0.29) is 23.5 Å². The third kappa shape index (κ3) is 2.94. The first-order chi connectivity index (χ1) is 11.0. The van der Waals surface area contributed by atoms with Crippen LogP contribution in [0.1, 0.15) is 13.3 Å². The number of rotatable bonds is 3. The molecule has 23 heavy (non-hydrogen) atoms. The van der Waals surface area contributed by atoms with Gasteiger partial charge in [0.05, 0.1) is 17.5 Å². The monoisotopic (exact) mass is 315 g/mol. The first-order valence-electron chi connectivity index (χ1n) is 7.52. The van der Waals surface area contributed by atoms with Crippen LogP contribution in [0.3, 0.4) is 0 Å². The summed E-state index contributed by atoms with van der Waals surface area (Å²) in [6.45, 7) is 1.38. The van der Waals surface area contributed by atoms with Gasteiger partial charge in [0, 0.05) is 12.3 Å². The number of alkyl halides is 1. The second-order valence-electron chi connectivity index (χ2n) is 5.95. The topological polar surface area (TPSA) is 75.8 Å². The maximum absolute atomic E-state index is 13.8. The summed E-state index contributed by atoms with van der Waals surface area (Å²) < 4.78 is 13.8. The van der Waals surface area contributed by atoms with Gasteiger partial charge in [-0.25, -0.2) is 10.2 Å². The Hall–Kier alpha value is -2.34. The lowest BCUT2D eigenvalue weighted by Gasteiger charge is -2.32. The summed E-state index contributed by atoms with van der Waals surface area (Å²) in [5.41, 5.74) is 1.54. The molecule has 0 spiro atoms. The zero-order chi connectivity index (χ0) is 16.6. The number of hydrazone groups is 1. The van der Waals surface area contributed by atoms with E-state index in [0.29, 0.717) is 6.42 Å². The SMILES string of the molecule is CC(=O)C1C=C(CC2=NN(N)C(=O)C3C=CC=CC23)C=CC1F. The summed E-state index contributed by atoms with van der Waals surface area (Å²) in [7, 11) is 0. The van der Waals surface area contributed by atoms with Gasteiger partial charge < -0.3 is 0 Å². The smallest absolute Gasteiger partial charge is 0.265 e. The summed E-state index contributed by atoms with van der Waals surface area (Å²) >= 11 is 0. The van der Waals surface area contributed by atoms with Crippen molar-refractivity contribution in [2.45, 2.75) is 19.5 Å². The van der Waals surface area contributed by atoms with Crippen LogP contribution in [0.2, 0.25) is 0 Å². The Labute approximate surface area is 133 Å². The predicted octanol–water partition coefficient (Wildman–Crippen LogP) is 1.85. The number of ketones is 1. The number of nitrogens with two attached hydrogens (primary N) is 1. The quantitative estimate of drug-likeness (QED) is 0.638. The fraction of sp³-hybridized carbons (Fsp3) is 0.353. The molecule has 0 fully saturated rings. The van der Waals surface area contributed by atoms with E-state index in [2.05, 4.69) is 5.10 Å². The Balaban J connectivity index is 1.86. The number of hydrogen-bond acceptors (Lipinski definition) is 4. The van der Waals surface area contributed by atoms with Crippen LogP contribution in [0.5, 0.6) is 0 Å². The van der Waals surface area contributed by atoms with Crippen LogP contribution >= 0.6 is 0 Å².